The Kier molecular flexibility index (Phi) is 8.53. The van der Waals surface area contributed by atoms with Crippen LogP contribution in [-0.4, -0.2) is 36.0 Å². The average molecular weight is 516 g/mol. The molecule has 1 atom stereocenters. The summed E-state index contributed by atoms with van der Waals surface area (Å²) in [6.45, 7) is 4.36. The minimum atomic E-state index is -0.833. The fourth-order valence-corrected chi connectivity index (χ4v) is 4.41. The maximum atomic E-state index is 14.1. The van der Waals surface area contributed by atoms with Gasteiger partial charge in [0.1, 0.15) is 5.82 Å². The maximum absolute atomic E-state index is 14.1. The Labute approximate surface area is 221 Å². The highest BCUT2D eigenvalue weighted by Gasteiger charge is 2.38. The monoisotopic (exact) mass is 515 g/mol. The third-order valence-electron chi connectivity index (χ3n) is 6.20. The lowest BCUT2D eigenvalue weighted by Crippen LogP contribution is -2.48. The molecule has 1 aliphatic rings. The number of nitrogens with zero attached hydrogens (tertiary/aromatic N) is 1. The summed E-state index contributed by atoms with van der Waals surface area (Å²) >= 11 is 0. The number of rotatable bonds is 9. The highest BCUT2D eigenvalue weighted by Crippen LogP contribution is 2.37. The van der Waals surface area contributed by atoms with Crippen molar-refractivity contribution in [1.82, 2.24) is 10.2 Å². The van der Waals surface area contributed by atoms with Gasteiger partial charge in [0.2, 0.25) is 0 Å². The summed E-state index contributed by atoms with van der Waals surface area (Å²) in [5, 5.41) is 5.66. The Bertz CT molecular complexity index is 1360. The zero-order chi connectivity index (χ0) is 27.1. The van der Waals surface area contributed by atoms with Gasteiger partial charge in [-0.15, -0.1) is 0 Å². The number of urea groups is 1. The van der Waals surface area contributed by atoms with Gasteiger partial charge >= 0.3 is 12.0 Å². The Hall–Kier alpha value is -4.46. The number of esters is 1. The zero-order valence-corrected chi connectivity index (χ0v) is 21.4. The van der Waals surface area contributed by atoms with Gasteiger partial charge < -0.3 is 15.4 Å². The quantitative estimate of drug-likeness (QED) is 0.347. The van der Waals surface area contributed by atoms with Crippen molar-refractivity contribution >= 4 is 29.3 Å². The van der Waals surface area contributed by atoms with Crippen LogP contribution in [0.25, 0.3) is 5.70 Å². The minimum Gasteiger partial charge on any atom is -0.463 e. The van der Waals surface area contributed by atoms with Crippen LogP contribution in [0.3, 0.4) is 0 Å². The molecule has 3 aromatic rings. The molecule has 0 saturated carbocycles. The number of amides is 3. The smallest absolute Gasteiger partial charge is 0.338 e. The Morgan fingerprint density at radius 2 is 1.74 bits per heavy atom. The van der Waals surface area contributed by atoms with E-state index in [-0.39, 0.29) is 18.2 Å². The lowest BCUT2D eigenvalue weighted by Gasteiger charge is -2.37. The number of hydrogen-bond acceptors (Lipinski definition) is 4. The van der Waals surface area contributed by atoms with Crippen molar-refractivity contribution in [3.8, 4) is 0 Å². The van der Waals surface area contributed by atoms with Crippen molar-refractivity contribution in [3.63, 3.8) is 0 Å². The van der Waals surface area contributed by atoms with E-state index in [0.29, 0.717) is 29.1 Å². The maximum Gasteiger partial charge on any atom is 0.338 e. The van der Waals surface area contributed by atoms with Crippen molar-refractivity contribution in [3.05, 3.63) is 107 Å². The number of carbonyl (C=O) groups is 3. The van der Waals surface area contributed by atoms with Gasteiger partial charge in [-0.3, -0.25) is 9.69 Å². The van der Waals surface area contributed by atoms with Gasteiger partial charge in [-0.05, 0) is 48.7 Å². The Morgan fingerprint density at radius 1 is 1.00 bits per heavy atom. The molecule has 0 bridgehead atoms. The molecule has 4 rings (SSSR count). The van der Waals surface area contributed by atoms with Crippen molar-refractivity contribution in [1.29, 1.82) is 0 Å². The molecule has 0 spiro atoms. The second-order valence-electron chi connectivity index (χ2n) is 8.80. The van der Waals surface area contributed by atoms with Crippen LogP contribution in [0.5, 0.6) is 0 Å². The normalized spacial score (nSPS) is 15.2. The van der Waals surface area contributed by atoms with Gasteiger partial charge in [-0.25, -0.2) is 14.0 Å². The van der Waals surface area contributed by atoms with Crippen LogP contribution >= 0.6 is 0 Å². The molecule has 0 aliphatic carbocycles. The van der Waals surface area contributed by atoms with E-state index < -0.39 is 23.7 Å². The minimum absolute atomic E-state index is 0.0890. The number of nitrogens with one attached hydrogen (secondary N) is 2. The predicted molar refractivity (Wildman–Crippen MR) is 144 cm³/mol. The second kappa shape index (κ2) is 12.2. The first-order chi connectivity index (χ1) is 18.4. The van der Waals surface area contributed by atoms with Gasteiger partial charge in [-0.2, -0.15) is 0 Å². The summed E-state index contributed by atoms with van der Waals surface area (Å²) < 4.78 is 19.6. The SMILES string of the molecule is CCCCN1C(=O)N[C@H](c2cccc(NC(=O)c3ccccc3F)c2)C(C(=O)OCC)=C1c1ccccc1. The van der Waals surface area contributed by atoms with Crippen molar-refractivity contribution < 1.29 is 23.5 Å². The number of ether oxygens (including phenoxy) is 1. The topological polar surface area (TPSA) is 87.7 Å². The lowest BCUT2D eigenvalue weighted by molar-refractivity contribution is -0.138. The molecule has 3 amide bonds. The highest BCUT2D eigenvalue weighted by molar-refractivity contribution is 6.06. The first-order valence-electron chi connectivity index (χ1n) is 12.6. The van der Waals surface area contributed by atoms with E-state index in [4.69, 9.17) is 4.74 Å². The van der Waals surface area contributed by atoms with Crippen LogP contribution in [0, 0.1) is 5.82 Å². The molecule has 1 heterocycles. The van der Waals surface area contributed by atoms with Gasteiger partial charge in [-0.1, -0.05) is 67.9 Å². The van der Waals surface area contributed by atoms with Gasteiger partial charge in [0.05, 0.1) is 29.5 Å². The molecule has 0 saturated heterocycles. The van der Waals surface area contributed by atoms with Gasteiger partial charge in [0.25, 0.3) is 5.91 Å². The summed E-state index contributed by atoms with van der Waals surface area (Å²) in [5.41, 5.74) is 2.38. The summed E-state index contributed by atoms with van der Waals surface area (Å²) in [5.74, 6) is -1.78. The standard InChI is InChI=1S/C30H30FN3O4/c1-3-5-18-34-27(20-12-7-6-8-13-20)25(29(36)38-4-2)26(33-30(34)37)21-14-11-15-22(19-21)32-28(35)23-16-9-10-17-24(23)31/h6-17,19,26H,3-5,18H2,1-2H3,(H,32,35)(H,33,37)/t26-/m1/s1. The second-order valence-corrected chi connectivity index (χ2v) is 8.80. The molecule has 8 heteroatoms. The third kappa shape index (κ3) is 5.75. The molecule has 3 aromatic carbocycles. The Balaban J connectivity index is 1.79. The van der Waals surface area contributed by atoms with Gasteiger partial charge in [0.15, 0.2) is 0 Å². The molecule has 0 radical (unpaired) electrons. The van der Waals surface area contributed by atoms with E-state index in [2.05, 4.69) is 10.6 Å². The van der Waals surface area contributed by atoms with Crippen LogP contribution in [-0.2, 0) is 9.53 Å². The molecule has 0 aromatic heterocycles. The van der Waals surface area contributed by atoms with Crippen molar-refractivity contribution in [2.24, 2.45) is 0 Å². The average Bonchev–Trinajstić information content (AvgIpc) is 2.92. The first kappa shape index (κ1) is 26.6. The number of anilines is 1. The molecule has 7 nitrogen and oxygen atoms in total. The number of unbranched alkanes of at least 4 members (excludes halogenated alkanes) is 1. The fourth-order valence-electron chi connectivity index (χ4n) is 4.41. The highest BCUT2D eigenvalue weighted by atomic mass is 19.1. The lowest BCUT2D eigenvalue weighted by atomic mass is 9.91. The van der Waals surface area contributed by atoms with Crippen LogP contribution < -0.4 is 10.6 Å². The molecular weight excluding hydrogens is 485 g/mol. The van der Waals surface area contributed by atoms with Crippen LogP contribution in [0.4, 0.5) is 14.9 Å². The summed E-state index contributed by atoms with van der Waals surface area (Å²) in [6.07, 6.45) is 1.62. The number of hydrogen-bond donors (Lipinski definition) is 2. The third-order valence-corrected chi connectivity index (χ3v) is 6.20. The molecule has 1 aliphatic heterocycles. The van der Waals surface area contributed by atoms with E-state index in [1.165, 1.54) is 18.2 Å². The summed E-state index contributed by atoms with van der Waals surface area (Å²) in [7, 11) is 0. The Morgan fingerprint density at radius 3 is 2.45 bits per heavy atom. The van der Waals surface area contributed by atoms with Crippen LogP contribution in [0.15, 0.2) is 84.4 Å². The predicted octanol–water partition coefficient (Wildman–Crippen LogP) is 5.92. The van der Waals surface area contributed by atoms with E-state index in [1.54, 1.807) is 42.2 Å². The number of carbonyl (C=O) groups excluding carboxylic acids is 3. The van der Waals surface area contributed by atoms with Crippen LogP contribution in [0.2, 0.25) is 0 Å². The molecule has 0 fully saturated rings. The van der Waals surface area contributed by atoms with Crippen molar-refractivity contribution in [2.75, 3.05) is 18.5 Å². The summed E-state index contributed by atoms with van der Waals surface area (Å²) in [6, 6.07) is 20.6. The largest absolute Gasteiger partial charge is 0.463 e. The van der Waals surface area contributed by atoms with Crippen LogP contribution in [0.1, 0.15) is 54.2 Å². The van der Waals surface area contributed by atoms with Crippen molar-refractivity contribution in [2.45, 2.75) is 32.7 Å². The summed E-state index contributed by atoms with van der Waals surface area (Å²) in [4.78, 5) is 41.1. The molecule has 196 valence electrons. The number of benzene rings is 3. The van der Waals surface area contributed by atoms with E-state index >= 15 is 0 Å². The molecule has 38 heavy (non-hydrogen) atoms. The van der Waals surface area contributed by atoms with E-state index in [1.807, 2.05) is 37.3 Å². The first-order valence-corrected chi connectivity index (χ1v) is 12.6. The van der Waals surface area contributed by atoms with Gasteiger partial charge in [0, 0.05) is 12.2 Å². The van der Waals surface area contributed by atoms with E-state index in [9.17, 15) is 18.8 Å². The number of halogens is 1. The molecule has 2 N–H and O–H groups in total. The fraction of sp³-hybridized carbons (Fsp3) is 0.233. The molecule has 0 unspecified atom stereocenters. The van der Waals surface area contributed by atoms with E-state index in [0.717, 1.165) is 18.4 Å². The zero-order valence-electron chi connectivity index (χ0n) is 21.4. The molecular formula is C30H30FN3O4.